The highest BCUT2D eigenvalue weighted by Gasteiger charge is 2.31. The van der Waals surface area contributed by atoms with E-state index in [9.17, 15) is 4.79 Å². The summed E-state index contributed by atoms with van der Waals surface area (Å²) in [4.78, 5) is 14.8. The Labute approximate surface area is 171 Å². The van der Waals surface area contributed by atoms with Crippen molar-refractivity contribution in [1.29, 1.82) is 0 Å². The lowest BCUT2D eigenvalue weighted by atomic mass is 10.0. The Morgan fingerprint density at radius 3 is 2.24 bits per heavy atom. The van der Waals surface area contributed by atoms with E-state index in [4.69, 9.17) is 18.9 Å². The molecule has 0 N–H and O–H groups in total. The minimum Gasteiger partial charge on any atom is -0.497 e. The van der Waals surface area contributed by atoms with Gasteiger partial charge in [0.1, 0.15) is 23.0 Å². The van der Waals surface area contributed by atoms with E-state index in [2.05, 4.69) is 0 Å². The zero-order chi connectivity index (χ0) is 20.8. The van der Waals surface area contributed by atoms with Crippen LogP contribution < -0.4 is 18.9 Å². The van der Waals surface area contributed by atoms with E-state index in [1.54, 1.807) is 46.7 Å². The molecule has 2 aromatic carbocycles. The van der Waals surface area contributed by atoms with Gasteiger partial charge in [-0.15, -0.1) is 0 Å². The number of methoxy groups -OCH3 is 4. The summed E-state index contributed by atoms with van der Waals surface area (Å²) in [6.45, 7) is 0.711. The van der Waals surface area contributed by atoms with Crippen LogP contribution in [0.2, 0.25) is 0 Å². The largest absolute Gasteiger partial charge is 0.497 e. The van der Waals surface area contributed by atoms with Gasteiger partial charge >= 0.3 is 0 Å². The molecule has 1 aliphatic heterocycles. The van der Waals surface area contributed by atoms with E-state index < -0.39 is 0 Å². The summed E-state index contributed by atoms with van der Waals surface area (Å²) in [7, 11) is 6.46. The van der Waals surface area contributed by atoms with Crippen LogP contribution in [0.1, 0.15) is 30.0 Å². The minimum atomic E-state index is -0.0387. The Bertz CT molecular complexity index is 893. The first-order chi connectivity index (χ1) is 14.1. The van der Waals surface area contributed by atoms with Gasteiger partial charge in [-0.25, -0.2) is 0 Å². The monoisotopic (exact) mass is 397 g/mol. The molecule has 0 aromatic heterocycles. The number of likely N-dealkylation sites (tertiary alicyclic amines) is 1. The van der Waals surface area contributed by atoms with E-state index in [0.29, 0.717) is 18.0 Å². The summed E-state index contributed by atoms with van der Waals surface area (Å²) in [5.41, 5.74) is 1.81. The molecular weight excluding hydrogens is 370 g/mol. The molecule has 154 valence electrons. The molecular formula is C23H27NO5. The van der Waals surface area contributed by atoms with Crippen LogP contribution in [0, 0.1) is 0 Å². The molecule has 2 aromatic rings. The number of hydrogen-bond donors (Lipinski definition) is 0. The average molecular weight is 397 g/mol. The molecule has 29 heavy (non-hydrogen) atoms. The number of rotatable bonds is 7. The maximum atomic E-state index is 13.0. The second-order valence-electron chi connectivity index (χ2n) is 6.74. The highest BCUT2D eigenvalue weighted by molar-refractivity contribution is 5.92. The Kier molecular flexibility index (Phi) is 6.65. The van der Waals surface area contributed by atoms with Crippen LogP contribution in [0.5, 0.6) is 23.0 Å². The van der Waals surface area contributed by atoms with Gasteiger partial charge in [-0.2, -0.15) is 0 Å². The third kappa shape index (κ3) is 4.47. The zero-order valence-corrected chi connectivity index (χ0v) is 17.3. The van der Waals surface area contributed by atoms with Crippen LogP contribution in [0.4, 0.5) is 0 Å². The second-order valence-corrected chi connectivity index (χ2v) is 6.74. The predicted octanol–water partition coefficient (Wildman–Crippen LogP) is 4.10. The molecule has 1 heterocycles. The van der Waals surface area contributed by atoms with Crippen LogP contribution in [0.25, 0.3) is 6.08 Å². The van der Waals surface area contributed by atoms with Gasteiger partial charge in [-0.1, -0.05) is 0 Å². The van der Waals surface area contributed by atoms with Gasteiger partial charge < -0.3 is 23.8 Å². The van der Waals surface area contributed by atoms with Gasteiger partial charge in [0.25, 0.3) is 0 Å². The number of carbonyl (C=O) groups excluding carboxylic acids is 1. The van der Waals surface area contributed by atoms with Crippen LogP contribution in [0.3, 0.4) is 0 Å². The Morgan fingerprint density at radius 2 is 1.59 bits per heavy atom. The molecule has 0 spiro atoms. The molecule has 0 bridgehead atoms. The van der Waals surface area contributed by atoms with Crippen molar-refractivity contribution in [3.8, 4) is 23.0 Å². The van der Waals surface area contributed by atoms with Crippen LogP contribution in [-0.4, -0.2) is 45.8 Å². The molecule has 1 amide bonds. The molecule has 0 aliphatic carbocycles. The summed E-state index contributed by atoms with van der Waals surface area (Å²) in [6.07, 6.45) is 5.22. The third-order valence-electron chi connectivity index (χ3n) is 5.18. The lowest BCUT2D eigenvalue weighted by Crippen LogP contribution is -2.29. The SMILES string of the molecule is COc1ccc(/C=C/C(=O)N2CCC[C@@H]2c2ccc(OC)cc2OC)c(OC)c1. The lowest BCUT2D eigenvalue weighted by molar-refractivity contribution is -0.126. The fourth-order valence-electron chi connectivity index (χ4n) is 3.66. The number of benzene rings is 2. The summed E-state index contributed by atoms with van der Waals surface area (Å²) in [5.74, 6) is 2.78. The van der Waals surface area contributed by atoms with Crippen molar-refractivity contribution >= 4 is 12.0 Å². The summed E-state index contributed by atoms with van der Waals surface area (Å²) in [5, 5.41) is 0. The normalized spacial score (nSPS) is 16.1. The highest BCUT2D eigenvalue weighted by atomic mass is 16.5. The van der Waals surface area contributed by atoms with Gasteiger partial charge in [0.05, 0.1) is 34.5 Å². The van der Waals surface area contributed by atoms with Crippen molar-refractivity contribution in [2.45, 2.75) is 18.9 Å². The number of amides is 1. The fourth-order valence-corrected chi connectivity index (χ4v) is 3.66. The van der Waals surface area contributed by atoms with Gasteiger partial charge in [0.15, 0.2) is 0 Å². The van der Waals surface area contributed by atoms with Crippen LogP contribution in [-0.2, 0) is 4.79 Å². The van der Waals surface area contributed by atoms with Crippen molar-refractivity contribution < 1.29 is 23.7 Å². The van der Waals surface area contributed by atoms with Gasteiger partial charge in [0, 0.05) is 35.9 Å². The Hall–Kier alpha value is -3.15. The minimum absolute atomic E-state index is 0.0224. The molecule has 1 aliphatic rings. The molecule has 1 atom stereocenters. The number of ether oxygens (including phenoxy) is 4. The maximum absolute atomic E-state index is 13.0. The molecule has 0 radical (unpaired) electrons. The third-order valence-corrected chi connectivity index (χ3v) is 5.18. The first kappa shape index (κ1) is 20.6. The lowest BCUT2D eigenvalue weighted by Gasteiger charge is -2.25. The second kappa shape index (κ2) is 9.37. The predicted molar refractivity (Wildman–Crippen MR) is 112 cm³/mol. The molecule has 6 heteroatoms. The van der Waals surface area contributed by atoms with E-state index >= 15 is 0 Å². The molecule has 6 nitrogen and oxygen atoms in total. The number of hydrogen-bond acceptors (Lipinski definition) is 5. The highest BCUT2D eigenvalue weighted by Crippen LogP contribution is 2.39. The van der Waals surface area contributed by atoms with Crippen molar-refractivity contribution in [3.63, 3.8) is 0 Å². The molecule has 0 saturated carbocycles. The summed E-state index contributed by atoms with van der Waals surface area (Å²) >= 11 is 0. The first-order valence-corrected chi connectivity index (χ1v) is 9.54. The van der Waals surface area contributed by atoms with Crippen molar-refractivity contribution in [2.24, 2.45) is 0 Å². The maximum Gasteiger partial charge on any atom is 0.247 e. The molecule has 0 unspecified atom stereocenters. The summed E-state index contributed by atoms with van der Waals surface area (Å²) < 4.78 is 21.5. The standard InChI is InChI=1S/C23H27NO5/c1-26-17-9-7-16(21(14-17)28-3)8-12-23(25)24-13-5-6-20(24)19-11-10-18(27-2)15-22(19)29-4/h7-12,14-15,20H,5-6,13H2,1-4H3/b12-8+/t20-/m1/s1. The van der Waals surface area contributed by atoms with Gasteiger partial charge in [-0.3, -0.25) is 4.79 Å². The number of nitrogens with zero attached hydrogens (tertiary/aromatic N) is 1. The zero-order valence-electron chi connectivity index (χ0n) is 17.3. The van der Waals surface area contributed by atoms with Crippen molar-refractivity contribution in [1.82, 2.24) is 4.90 Å². The van der Waals surface area contributed by atoms with Gasteiger partial charge in [-0.05, 0) is 43.2 Å². The van der Waals surface area contributed by atoms with Crippen molar-refractivity contribution in [2.75, 3.05) is 35.0 Å². The van der Waals surface area contributed by atoms with Gasteiger partial charge in [0.2, 0.25) is 5.91 Å². The van der Waals surface area contributed by atoms with E-state index in [1.807, 2.05) is 35.2 Å². The topological polar surface area (TPSA) is 57.2 Å². The van der Waals surface area contributed by atoms with E-state index in [1.165, 1.54) is 0 Å². The molecule has 3 rings (SSSR count). The number of carbonyl (C=O) groups is 1. The first-order valence-electron chi connectivity index (χ1n) is 9.54. The van der Waals surface area contributed by atoms with E-state index in [-0.39, 0.29) is 11.9 Å². The Morgan fingerprint density at radius 1 is 0.931 bits per heavy atom. The van der Waals surface area contributed by atoms with Crippen molar-refractivity contribution in [3.05, 3.63) is 53.6 Å². The quantitative estimate of drug-likeness (QED) is 0.659. The van der Waals surface area contributed by atoms with E-state index in [0.717, 1.165) is 35.5 Å². The summed E-state index contributed by atoms with van der Waals surface area (Å²) in [6, 6.07) is 11.2. The fraction of sp³-hybridized carbons (Fsp3) is 0.348. The smallest absolute Gasteiger partial charge is 0.247 e. The van der Waals surface area contributed by atoms with Crippen LogP contribution >= 0.6 is 0 Å². The Balaban J connectivity index is 1.81. The molecule has 1 saturated heterocycles. The average Bonchev–Trinajstić information content (AvgIpc) is 3.26. The molecule has 1 fully saturated rings. The van der Waals surface area contributed by atoms with Crippen LogP contribution in [0.15, 0.2) is 42.5 Å².